The van der Waals surface area contributed by atoms with Gasteiger partial charge in [-0.3, -0.25) is 4.90 Å². The standard InChI is InChI=1S/C13H18F2N2O/c1-2-11(17-7-5-16-6-8-17)9-3-4-10(14)12(15)13(9)18/h3-4,11,16,18H,2,5-8H2,1H3/t11-/m1/s1. The van der Waals surface area contributed by atoms with Crippen LogP contribution in [0.5, 0.6) is 5.75 Å². The highest BCUT2D eigenvalue weighted by molar-refractivity contribution is 5.37. The summed E-state index contributed by atoms with van der Waals surface area (Å²) in [5, 5.41) is 13.0. The van der Waals surface area contributed by atoms with Gasteiger partial charge in [-0.1, -0.05) is 13.0 Å². The van der Waals surface area contributed by atoms with Crippen molar-refractivity contribution in [2.45, 2.75) is 19.4 Å². The van der Waals surface area contributed by atoms with Crippen LogP contribution < -0.4 is 5.32 Å². The predicted molar refractivity (Wildman–Crippen MR) is 65.5 cm³/mol. The maximum atomic E-state index is 13.4. The molecule has 0 radical (unpaired) electrons. The van der Waals surface area contributed by atoms with E-state index in [1.54, 1.807) is 0 Å². The van der Waals surface area contributed by atoms with Gasteiger partial charge in [-0.15, -0.1) is 0 Å². The smallest absolute Gasteiger partial charge is 0.200 e. The van der Waals surface area contributed by atoms with Crippen LogP contribution in [-0.4, -0.2) is 36.2 Å². The number of hydrogen-bond donors (Lipinski definition) is 2. The second-order valence-electron chi connectivity index (χ2n) is 4.51. The van der Waals surface area contributed by atoms with E-state index in [-0.39, 0.29) is 6.04 Å². The molecule has 0 amide bonds. The highest BCUT2D eigenvalue weighted by atomic mass is 19.2. The summed E-state index contributed by atoms with van der Waals surface area (Å²) in [4.78, 5) is 2.18. The van der Waals surface area contributed by atoms with Crippen molar-refractivity contribution in [2.75, 3.05) is 26.2 Å². The average Bonchev–Trinajstić information content (AvgIpc) is 2.41. The van der Waals surface area contributed by atoms with Gasteiger partial charge >= 0.3 is 0 Å². The number of benzene rings is 1. The Morgan fingerprint density at radius 1 is 1.33 bits per heavy atom. The first-order valence-electron chi connectivity index (χ1n) is 6.26. The van der Waals surface area contributed by atoms with Crippen LogP contribution in [-0.2, 0) is 0 Å². The molecule has 0 aromatic heterocycles. The van der Waals surface area contributed by atoms with Crippen molar-refractivity contribution in [3.05, 3.63) is 29.3 Å². The fourth-order valence-corrected chi connectivity index (χ4v) is 2.49. The molecule has 1 heterocycles. The third-order valence-corrected chi connectivity index (χ3v) is 3.44. The summed E-state index contributed by atoms with van der Waals surface area (Å²) in [5.74, 6) is -2.71. The molecule has 1 fully saturated rings. The summed E-state index contributed by atoms with van der Waals surface area (Å²) in [6.07, 6.45) is 0.749. The molecule has 1 atom stereocenters. The molecular weight excluding hydrogens is 238 g/mol. The maximum Gasteiger partial charge on any atom is 0.200 e. The van der Waals surface area contributed by atoms with Gasteiger partial charge in [0, 0.05) is 37.8 Å². The minimum Gasteiger partial charge on any atom is -0.505 e. The van der Waals surface area contributed by atoms with Crippen LogP contribution in [0.15, 0.2) is 12.1 Å². The number of nitrogens with one attached hydrogen (secondary N) is 1. The van der Waals surface area contributed by atoms with Gasteiger partial charge in [-0.25, -0.2) is 4.39 Å². The van der Waals surface area contributed by atoms with E-state index in [9.17, 15) is 13.9 Å². The van der Waals surface area contributed by atoms with E-state index in [0.717, 1.165) is 38.7 Å². The maximum absolute atomic E-state index is 13.4. The molecule has 0 aliphatic carbocycles. The molecule has 1 aliphatic rings. The molecular formula is C13H18F2N2O. The average molecular weight is 256 g/mol. The van der Waals surface area contributed by atoms with E-state index in [0.29, 0.717) is 5.56 Å². The van der Waals surface area contributed by atoms with Crippen molar-refractivity contribution in [1.29, 1.82) is 0 Å². The predicted octanol–water partition coefficient (Wildman–Crippen LogP) is 2.03. The van der Waals surface area contributed by atoms with Crippen molar-refractivity contribution in [1.82, 2.24) is 10.2 Å². The molecule has 1 saturated heterocycles. The molecule has 100 valence electrons. The Kier molecular flexibility index (Phi) is 4.14. The van der Waals surface area contributed by atoms with Gasteiger partial charge in [0.15, 0.2) is 11.6 Å². The molecule has 1 aliphatic heterocycles. The largest absolute Gasteiger partial charge is 0.505 e. The first-order chi connectivity index (χ1) is 8.65. The zero-order chi connectivity index (χ0) is 13.1. The van der Waals surface area contributed by atoms with Crippen LogP contribution in [0.2, 0.25) is 0 Å². The van der Waals surface area contributed by atoms with Crippen LogP contribution >= 0.6 is 0 Å². The van der Waals surface area contributed by atoms with Gasteiger partial charge in [-0.05, 0) is 12.5 Å². The molecule has 1 aromatic carbocycles. The van der Waals surface area contributed by atoms with E-state index in [1.807, 2.05) is 6.92 Å². The van der Waals surface area contributed by atoms with E-state index in [2.05, 4.69) is 10.2 Å². The number of phenolic OH excluding ortho intramolecular Hbond substituents is 1. The molecule has 0 unspecified atom stereocenters. The molecule has 0 bridgehead atoms. The van der Waals surface area contributed by atoms with Crippen LogP contribution in [0.4, 0.5) is 8.78 Å². The molecule has 0 spiro atoms. The lowest BCUT2D eigenvalue weighted by Gasteiger charge is -2.35. The van der Waals surface area contributed by atoms with Crippen molar-refractivity contribution in [3.8, 4) is 5.75 Å². The number of phenols is 1. The Morgan fingerprint density at radius 2 is 2.00 bits per heavy atom. The second-order valence-corrected chi connectivity index (χ2v) is 4.51. The Hall–Kier alpha value is -1.20. The van der Waals surface area contributed by atoms with E-state index in [4.69, 9.17) is 0 Å². The summed E-state index contributed by atoms with van der Waals surface area (Å²) >= 11 is 0. The number of rotatable bonds is 3. The number of nitrogens with zero attached hydrogens (tertiary/aromatic N) is 1. The van der Waals surface area contributed by atoms with E-state index >= 15 is 0 Å². The van der Waals surface area contributed by atoms with Crippen LogP contribution in [0.1, 0.15) is 24.9 Å². The molecule has 3 nitrogen and oxygen atoms in total. The fourth-order valence-electron chi connectivity index (χ4n) is 2.49. The molecule has 2 rings (SSSR count). The highest BCUT2D eigenvalue weighted by Crippen LogP contribution is 2.33. The summed E-state index contributed by atoms with van der Waals surface area (Å²) in [7, 11) is 0. The molecule has 2 N–H and O–H groups in total. The van der Waals surface area contributed by atoms with Crippen LogP contribution in [0.3, 0.4) is 0 Å². The number of hydrogen-bond acceptors (Lipinski definition) is 3. The number of piperazine rings is 1. The normalized spacial score (nSPS) is 18.8. The Bertz CT molecular complexity index is 420. The Morgan fingerprint density at radius 3 is 2.61 bits per heavy atom. The van der Waals surface area contributed by atoms with Gasteiger partial charge in [0.25, 0.3) is 0 Å². The molecule has 1 aromatic rings. The van der Waals surface area contributed by atoms with Gasteiger partial charge in [0.05, 0.1) is 0 Å². The lowest BCUT2D eigenvalue weighted by atomic mass is 10.0. The van der Waals surface area contributed by atoms with Crippen molar-refractivity contribution in [3.63, 3.8) is 0 Å². The van der Waals surface area contributed by atoms with Crippen LogP contribution in [0.25, 0.3) is 0 Å². The third kappa shape index (κ3) is 2.47. The van der Waals surface area contributed by atoms with Gasteiger partial charge in [-0.2, -0.15) is 4.39 Å². The Labute approximate surface area is 105 Å². The highest BCUT2D eigenvalue weighted by Gasteiger charge is 2.25. The number of halogens is 2. The number of aromatic hydroxyl groups is 1. The fraction of sp³-hybridized carbons (Fsp3) is 0.538. The Balaban J connectivity index is 2.29. The first-order valence-corrected chi connectivity index (χ1v) is 6.26. The second kappa shape index (κ2) is 5.63. The zero-order valence-electron chi connectivity index (χ0n) is 10.4. The van der Waals surface area contributed by atoms with E-state index < -0.39 is 17.4 Å². The van der Waals surface area contributed by atoms with E-state index in [1.165, 1.54) is 6.07 Å². The SMILES string of the molecule is CC[C@H](c1ccc(F)c(F)c1O)N1CCNCC1. The molecule has 18 heavy (non-hydrogen) atoms. The molecule has 5 heteroatoms. The summed E-state index contributed by atoms with van der Waals surface area (Å²) in [5.41, 5.74) is 0.471. The quantitative estimate of drug-likeness (QED) is 0.868. The topological polar surface area (TPSA) is 35.5 Å². The van der Waals surface area contributed by atoms with Gasteiger partial charge in [0.1, 0.15) is 0 Å². The lowest BCUT2D eigenvalue weighted by molar-refractivity contribution is 0.166. The third-order valence-electron chi connectivity index (χ3n) is 3.44. The van der Waals surface area contributed by atoms with Crippen molar-refractivity contribution in [2.24, 2.45) is 0 Å². The minimum absolute atomic E-state index is 0.0674. The first kappa shape index (κ1) is 13.2. The minimum atomic E-state index is -1.15. The zero-order valence-corrected chi connectivity index (χ0v) is 10.4. The van der Waals surface area contributed by atoms with Crippen molar-refractivity contribution >= 4 is 0 Å². The lowest BCUT2D eigenvalue weighted by Crippen LogP contribution is -2.45. The summed E-state index contributed by atoms with van der Waals surface area (Å²) < 4.78 is 26.4. The van der Waals surface area contributed by atoms with Gasteiger partial charge in [0.2, 0.25) is 5.82 Å². The monoisotopic (exact) mass is 256 g/mol. The van der Waals surface area contributed by atoms with Crippen LogP contribution in [0, 0.1) is 11.6 Å². The van der Waals surface area contributed by atoms with Crippen molar-refractivity contribution < 1.29 is 13.9 Å². The summed E-state index contributed by atoms with van der Waals surface area (Å²) in [6, 6.07) is 2.49. The molecule has 0 saturated carbocycles. The van der Waals surface area contributed by atoms with Gasteiger partial charge < -0.3 is 10.4 Å². The summed E-state index contributed by atoms with van der Waals surface area (Å²) in [6.45, 7) is 5.42.